The van der Waals surface area contributed by atoms with Crippen LogP contribution in [0.2, 0.25) is 0 Å². The van der Waals surface area contributed by atoms with E-state index >= 15 is 0 Å². The molecule has 194 valence electrons. The zero-order chi connectivity index (χ0) is 27.1. The topological polar surface area (TPSA) is 112 Å². The maximum atomic E-state index is 13.3. The molecule has 0 spiro atoms. The third-order valence-electron chi connectivity index (χ3n) is 6.00. The van der Waals surface area contributed by atoms with E-state index in [0.717, 1.165) is 5.56 Å². The number of rotatable bonds is 9. The molecule has 38 heavy (non-hydrogen) atoms. The number of nitrogens with one attached hydrogen (secondary N) is 2. The van der Waals surface area contributed by atoms with Crippen LogP contribution >= 0.6 is 0 Å². The minimum Gasteiger partial charge on any atom is -0.505 e. The second-order valence-corrected chi connectivity index (χ2v) is 8.48. The Balaban J connectivity index is 1.77. The van der Waals surface area contributed by atoms with Crippen LogP contribution in [-0.2, 0) is 6.42 Å². The third-order valence-corrected chi connectivity index (χ3v) is 6.00. The number of anilines is 1. The summed E-state index contributed by atoms with van der Waals surface area (Å²) in [5.41, 5.74) is 2.58. The maximum Gasteiger partial charge on any atom is 0.259 e. The number of amides is 2. The minimum absolute atomic E-state index is 0.0516. The van der Waals surface area contributed by atoms with Crippen molar-refractivity contribution in [1.29, 1.82) is 0 Å². The van der Waals surface area contributed by atoms with E-state index in [0.29, 0.717) is 53.0 Å². The molecule has 0 saturated heterocycles. The Kier molecular flexibility index (Phi) is 8.33. The average molecular weight is 511 g/mol. The zero-order valence-electron chi connectivity index (χ0n) is 21.6. The number of carbonyl (C=O) groups excluding carboxylic acids is 2. The fraction of sp³-hybridized carbons (Fsp3) is 0.200. The van der Waals surface area contributed by atoms with E-state index in [2.05, 4.69) is 20.9 Å². The van der Waals surface area contributed by atoms with Gasteiger partial charge >= 0.3 is 0 Å². The summed E-state index contributed by atoms with van der Waals surface area (Å²) in [4.78, 5) is 25.7. The van der Waals surface area contributed by atoms with E-state index in [4.69, 9.17) is 4.74 Å². The molecule has 4 rings (SSSR count). The highest BCUT2D eigenvalue weighted by Gasteiger charge is 2.20. The molecule has 0 aliphatic heterocycles. The zero-order valence-corrected chi connectivity index (χ0v) is 21.6. The smallest absolute Gasteiger partial charge is 0.259 e. The molecule has 0 aromatic heterocycles. The number of phenols is 1. The lowest BCUT2D eigenvalue weighted by Gasteiger charge is -2.13. The third kappa shape index (κ3) is 5.64. The van der Waals surface area contributed by atoms with Crippen LogP contribution in [0.3, 0.4) is 0 Å². The first kappa shape index (κ1) is 26.3. The van der Waals surface area contributed by atoms with Gasteiger partial charge in [0.1, 0.15) is 11.4 Å². The Bertz CT molecular complexity index is 1510. The Morgan fingerprint density at radius 2 is 1.66 bits per heavy atom. The van der Waals surface area contributed by atoms with Gasteiger partial charge in [-0.15, -0.1) is 5.11 Å². The fourth-order valence-corrected chi connectivity index (χ4v) is 4.10. The number of para-hydroxylation sites is 2. The van der Waals surface area contributed by atoms with Crippen molar-refractivity contribution in [3.05, 3.63) is 89.5 Å². The van der Waals surface area contributed by atoms with E-state index in [-0.39, 0.29) is 22.9 Å². The van der Waals surface area contributed by atoms with E-state index in [1.165, 1.54) is 0 Å². The molecule has 0 aliphatic carbocycles. The van der Waals surface area contributed by atoms with Crippen LogP contribution in [0.15, 0.2) is 83.0 Å². The Morgan fingerprint density at radius 3 is 2.42 bits per heavy atom. The summed E-state index contributed by atoms with van der Waals surface area (Å²) in [6.45, 7) is 6.65. The highest BCUT2D eigenvalue weighted by molar-refractivity contribution is 6.12. The average Bonchev–Trinajstić information content (AvgIpc) is 2.93. The summed E-state index contributed by atoms with van der Waals surface area (Å²) in [5, 5.41) is 27.0. The molecular weight excluding hydrogens is 480 g/mol. The molecule has 3 N–H and O–H groups in total. The van der Waals surface area contributed by atoms with Crippen molar-refractivity contribution in [1.82, 2.24) is 5.32 Å². The normalized spacial score (nSPS) is 11.0. The summed E-state index contributed by atoms with van der Waals surface area (Å²) in [6, 6.07) is 21.3. The van der Waals surface area contributed by atoms with Crippen LogP contribution in [0, 0.1) is 0 Å². The lowest BCUT2D eigenvalue weighted by atomic mass is 10.0. The number of fused-ring (bicyclic) bond motifs is 1. The molecule has 0 bridgehead atoms. The Morgan fingerprint density at radius 1 is 0.895 bits per heavy atom. The summed E-state index contributed by atoms with van der Waals surface area (Å²) >= 11 is 0. The van der Waals surface area contributed by atoms with Gasteiger partial charge in [-0.2, -0.15) is 5.11 Å². The number of aryl methyl sites for hydroxylation is 1. The largest absolute Gasteiger partial charge is 0.505 e. The van der Waals surface area contributed by atoms with Gasteiger partial charge in [-0.05, 0) is 61.5 Å². The molecule has 0 unspecified atom stereocenters. The molecule has 8 heteroatoms. The number of carbonyl (C=O) groups is 2. The number of benzene rings is 4. The van der Waals surface area contributed by atoms with E-state index in [1.807, 2.05) is 51.1 Å². The van der Waals surface area contributed by atoms with Crippen molar-refractivity contribution in [2.24, 2.45) is 10.2 Å². The maximum absolute atomic E-state index is 13.3. The van der Waals surface area contributed by atoms with Crippen LogP contribution in [0.25, 0.3) is 10.8 Å². The van der Waals surface area contributed by atoms with Crippen molar-refractivity contribution in [3.8, 4) is 11.5 Å². The Labute approximate surface area is 221 Å². The van der Waals surface area contributed by atoms with E-state index < -0.39 is 5.91 Å². The predicted molar refractivity (Wildman–Crippen MR) is 149 cm³/mol. The molecule has 4 aromatic carbocycles. The van der Waals surface area contributed by atoms with Crippen molar-refractivity contribution in [2.45, 2.75) is 27.2 Å². The highest BCUT2D eigenvalue weighted by Crippen LogP contribution is 2.40. The van der Waals surface area contributed by atoms with Crippen LogP contribution in [0.4, 0.5) is 17.1 Å². The Hall–Kier alpha value is -4.72. The molecule has 0 aliphatic rings. The van der Waals surface area contributed by atoms with Crippen molar-refractivity contribution in [3.63, 3.8) is 0 Å². The lowest BCUT2D eigenvalue weighted by molar-refractivity contribution is 0.0954. The SMILES string of the molecule is CCNC(=O)c1ccc(CC)c(N=Nc2c(O)c(C(=O)Nc3ccccc3OCC)cc3ccccc23)c1. The first-order chi connectivity index (χ1) is 18.5. The molecular formula is C30H30N4O4. The molecule has 0 heterocycles. The van der Waals surface area contributed by atoms with Crippen LogP contribution in [0.1, 0.15) is 47.1 Å². The number of nitrogens with zero attached hydrogens (tertiary/aromatic N) is 2. The van der Waals surface area contributed by atoms with Gasteiger partial charge in [0, 0.05) is 17.5 Å². The summed E-state index contributed by atoms with van der Waals surface area (Å²) in [6.07, 6.45) is 0.679. The minimum atomic E-state index is -0.510. The van der Waals surface area contributed by atoms with E-state index in [1.54, 1.807) is 42.5 Å². The van der Waals surface area contributed by atoms with Gasteiger partial charge in [-0.25, -0.2) is 0 Å². The van der Waals surface area contributed by atoms with Crippen LogP contribution < -0.4 is 15.4 Å². The molecule has 4 aromatic rings. The predicted octanol–water partition coefficient (Wildman–Crippen LogP) is 6.92. The van der Waals surface area contributed by atoms with Gasteiger partial charge in [-0.1, -0.05) is 49.4 Å². The highest BCUT2D eigenvalue weighted by atomic mass is 16.5. The van der Waals surface area contributed by atoms with Crippen LogP contribution in [-0.4, -0.2) is 30.1 Å². The first-order valence-electron chi connectivity index (χ1n) is 12.6. The number of ether oxygens (including phenoxy) is 1. The summed E-state index contributed by atoms with van der Waals surface area (Å²) < 4.78 is 5.61. The quantitative estimate of drug-likeness (QED) is 0.212. The monoisotopic (exact) mass is 510 g/mol. The van der Waals surface area contributed by atoms with Gasteiger partial charge in [0.05, 0.1) is 23.5 Å². The fourth-order valence-electron chi connectivity index (χ4n) is 4.10. The standard InChI is InChI=1S/C30H30N4O4/c1-4-19-15-16-21(29(36)31-5-2)18-25(19)33-34-27-22-12-8-7-11-20(22)17-23(28(27)35)30(37)32-24-13-9-10-14-26(24)38-6-3/h7-18,35H,4-6H2,1-3H3,(H,31,36)(H,32,37). The van der Waals surface area contributed by atoms with E-state index in [9.17, 15) is 14.7 Å². The van der Waals surface area contributed by atoms with Crippen LogP contribution in [0.5, 0.6) is 11.5 Å². The van der Waals surface area contributed by atoms with Gasteiger partial charge in [0.25, 0.3) is 11.8 Å². The molecule has 0 radical (unpaired) electrons. The molecule has 0 fully saturated rings. The summed E-state index contributed by atoms with van der Waals surface area (Å²) in [5.74, 6) is -0.477. The number of hydrogen-bond acceptors (Lipinski definition) is 6. The summed E-state index contributed by atoms with van der Waals surface area (Å²) in [7, 11) is 0. The van der Waals surface area contributed by atoms with Crippen molar-refractivity contribution < 1.29 is 19.4 Å². The number of azo groups is 1. The number of hydrogen-bond donors (Lipinski definition) is 3. The van der Waals surface area contributed by atoms with Gasteiger partial charge in [-0.3, -0.25) is 9.59 Å². The molecule has 0 saturated carbocycles. The second-order valence-electron chi connectivity index (χ2n) is 8.48. The lowest BCUT2D eigenvalue weighted by Crippen LogP contribution is -2.22. The first-order valence-corrected chi connectivity index (χ1v) is 12.6. The molecule has 8 nitrogen and oxygen atoms in total. The van der Waals surface area contributed by atoms with Crippen molar-refractivity contribution >= 4 is 39.6 Å². The second kappa shape index (κ2) is 12.0. The number of aromatic hydroxyl groups is 1. The van der Waals surface area contributed by atoms with Gasteiger partial charge in [0.15, 0.2) is 5.75 Å². The van der Waals surface area contributed by atoms with Crippen molar-refractivity contribution in [2.75, 3.05) is 18.5 Å². The van der Waals surface area contributed by atoms with Gasteiger partial charge in [0.2, 0.25) is 0 Å². The number of phenolic OH excluding ortho intramolecular Hbond substituents is 1. The van der Waals surface area contributed by atoms with Gasteiger partial charge < -0.3 is 20.5 Å². The molecule has 0 atom stereocenters. The molecule has 2 amide bonds.